The number of aromatic nitrogens is 2. The van der Waals surface area contributed by atoms with Gasteiger partial charge in [0.05, 0.1) is 12.0 Å². The molecule has 23 heavy (non-hydrogen) atoms. The smallest absolute Gasteiger partial charge is 0.250 e. The van der Waals surface area contributed by atoms with Crippen LogP contribution in [0.25, 0.3) is 0 Å². The lowest BCUT2D eigenvalue weighted by molar-refractivity contribution is -0.118. The van der Waals surface area contributed by atoms with Crippen molar-refractivity contribution in [2.75, 3.05) is 19.0 Å². The van der Waals surface area contributed by atoms with E-state index < -0.39 is 0 Å². The number of hydrogen-bond donors (Lipinski definition) is 1. The first-order valence-electron chi connectivity index (χ1n) is 6.93. The van der Waals surface area contributed by atoms with Crippen molar-refractivity contribution in [3.05, 3.63) is 42.2 Å². The summed E-state index contributed by atoms with van der Waals surface area (Å²) in [6.07, 6.45) is 4.80. The zero-order valence-electron chi connectivity index (χ0n) is 12.1. The Hall–Kier alpha value is -2.61. The van der Waals surface area contributed by atoms with E-state index in [-0.39, 0.29) is 11.7 Å². The molecule has 2 heterocycles. The predicted octanol–water partition coefficient (Wildman–Crippen LogP) is 1.49. The van der Waals surface area contributed by atoms with Crippen LogP contribution in [-0.2, 0) is 4.79 Å². The number of ether oxygens (including phenoxy) is 2. The normalized spacial score (nSPS) is 13.0. The van der Waals surface area contributed by atoms with Gasteiger partial charge in [-0.1, -0.05) is 17.8 Å². The number of carbonyl (C=O) groups excluding carboxylic acids is 1. The molecule has 1 N–H and O–H groups in total. The van der Waals surface area contributed by atoms with E-state index in [4.69, 9.17) is 9.47 Å². The zero-order chi connectivity index (χ0) is 15.9. The largest absolute Gasteiger partial charge is 0.486 e. The van der Waals surface area contributed by atoms with Crippen molar-refractivity contribution in [2.24, 2.45) is 5.10 Å². The Morgan fingerprint density at radius 2 is 2.09 bits per heavy atom. The second-order valence-electron chi connectivity index (χ2n) is 4.48. The van der Waals surface area contributed by atoms with Gasteiger partial charge in [0, 0.05) is 18.0 Å². The van der Waals surface area contributed by atoms with Crippen molar-refractivity contribution in [3.63, 3.8) is 0 Å². The Bertz CT molecular complexity index is 709. The average Bonchev–Trinajstić information content (AvgIpc) is 2.61. The minimum absolute atomic E-state index is 0.188. The number of para-hydroxylation sites is 1. The number of nitrogens with one attached hydrogen (secondary N) is 1. The topological polar surface area (TPSA) is 85.7 Å². The van der Waals surface area contributed by atoms with Crippen LogP contribution in [0.5, 0.6) is 11.5 Å². The summed E-state index contributed by atoms with van der Waals surface area (Å²) in [6.45, 7) is 1.03. The molecule has 0 unspecified atom stereocenters. The molecule has 2 aromatic rings. The van der Waals surface area contributed by atoms with Crippen molar-refractivity contribution < 1.29 is 14.3 Å². The number of hydrazone groups is 1. The van der Waals surface area contributed by atoms with Crippen LogP contribution in [0.4, 0.5) is 0 Å². The van der Waals surface area contributed by atoms with E-state index in [9.17, 15) is 4.79 Å². The van der Waals surface area contributed by atoms with Gasteiger partial charge in [0.1, 0.15) is 13.2 Å². The van der Waals surface area contributed by atoms with E-state index in [1.807, 2.05) is 18.2 Å². The lowest BCUT2D eigenvalue weighted by atomic mass is 10.2. The van der Waals surface area contributed by atoms with Crippen molar-refractivity contribution in [3.8, 4) is 11.5 Å². The molecule has 0 bridgehead atoms. The van der Waals surface area contributed by atoms with E-state index in [2.05, 4.69) is 20.5 Å². The van der Waals surface area contributed by atoms with Gasteiger partial charge in [0.25, 0.3) is 5.91 Å². The second kappa shape index (κ2) is 7.59. The average molecular weight is 330 g/mol. The molecule has 0 radical (unpaired) electrons. The Kier molecular flexibility index (Phi) is 5.05. The molecule has 8 heteroatoms. The molecule has 0 fully saturated rings. The maximum absolute atomic E-state index is 11.7. The standard InChI is InChI=1S/C15H14N4O3S/c20-13(10-23-15-16-5-2-6-17-15)19-18-9-11-3-1-4-12-14(11)22-8-7-21-12/h1-6,9H,7-8,10H2,(H,19,20). The highest BCUT2D eigenvalue weighted by atomic mass is 32.2. The first kappa shape index (κ1) is 15.3. The number of rotatable bonds is 5. The molecule has 1 aromatic heterocycles. The number of hydrogen-bond acceptors (Lipinski definition) is 7. The minimum atomic E-state index is -0.235. The summed E-state index contributed by atoms with van der Waals surface area (Å²) in [5.41, 5.74) is 3.22. The van der Waals surface area contributed by atoms with Crippen LogP contribution in [0, 0.1) is 0 Å². The molecule has 0 saturated carbocycles. The van der Waals surface area contributed by atoms with Crippen LogP contribution in [0.1, 0.15) is 5.56 Å². The highest BCUT2D eigenvalue weighted by Gasteiger charge is 2.14. The predicted molar refractivity (Wildman–Crippen MR) is 85.9 cm³/mol. The third-order valence-electron chi connectivity index (χ3n) is 2.86. The van der Waals surface area contributed by atoms with Gasteiger partial charge in [-0.3, -0.25) is 4.79 Å². The number of nitrogens with zero attached hydrogens (tertiary/aromatic N) is 3. The SMILES string of the molecule is O=C(CSc1ncccn1)NN=Cc1cccc2c1OCCO2. The summed E-state index contributed by atoms with van der Waals surface area (Å²) in [5.74, 6) is 1.28. The molecule has 0 saturated heterocycles. The van der Waals surface area contributed by atoms with Gasteiger partial charge in [-0.15, -0.1) is 0 Å². The highest BCUT2D eigenvalue weighted by molar-refractivity contribution is 7.99. The molecule has 0 atom stereocenters. The third kappa shape index (κ3) is 4.19. The molecule has 1 aromatic carbocycles. The molecule has 3 rings (SSSR count). The number of benzene rings is 1. The van der Waals surface area contributed by atoms with Crippen LogP contribution in [0.15, 0.2) is 46.9 Å². The lowest BCUT2D eigenvalue weighted by Gasteiger charge is -2.19. The van der Waals surface area contributed by atoms with E-state index in [1.165, 1.54) is 18.0 Å². The molecule has 7 nitrogen and oxygen atoms in total. The molecule has 118 valence electrons. The van der Waals surface area contributed by atoms with E-state index in [0.717, 1.165) is 5.56 Å². The fourth-order valence-electron chi connectivity index (χ4n) is 1.89. The van der Waals surface area contributed by atoms with Crippen LogP contribution in [-0.4, -0.2) is 41.1 Å². The van der Waals surface area contributed by atoms with Crippen LogP contribution < -0.4 is 14.9 Å². The van der Waals surface area contributed by atoms with Crippen LogP contribution in [0.2, 0.25) is 0 Å². The number of fused-ring (bicyclic) bond motifs is 1. The molecule has 1 aliphatic heterocycles. The first-order valence-corrected chi connectivity index (χ1v) is 7.92. The summed E-state index contributed by atoms with van der Waals surface area (Å²) < 4.78 is 11.1. The van der Waals surface area contributed by atoms with Crippen molar-refractivity contribution in [1.82, 2.24) is 15.4 Å². The van der Waals surface area contributed by atoms with Crippen LogP contribution in [0.3, 0.4) is 0 Å². The number of thioether (sulfide) groups is 1. The fourth-order valence-corrected chi connectivity index (χ4v) is 2.49. The number of amides is 1. The molecular weight excluding hydrogens is 316 g/mol. The molecule has 0 spiro atoms. The quantitative estimate of drug-likeness (QED) is 0.387. The lowest BCUT2D eigenvalue weighted by Crippen LogP contribution is -2.20. The van der Waals surface area contributed by atoms with Gasteiger partial charge >= 0.3 is 0 Å². The van der Waals surface area contributed by atoms with Crippen molar-refractivity contribution >= 4 is 23.9 Å². The second-order valence-corrected chi connectivity index (χ2v) is 5.43. The van der Waals surface area contributed by atoms with Crippen LogP contribution >= 0.6 is 11.8 Å². The Balaban J connectivity index is 1.54. The van der Waals surface area contributed by atoms with Gasteiger partial charge in [0.2, 0.25) is 0 Å². The van der Waals surface area contributed by atoms with E-state index >= 15 is 0 Å². The van der Waals surface area contributed by atoms with Gasteiger partial charge in [-0.25, -0.2) is 15.4 Å². The van der Waals surface area contributed by atoms with E-state index in [0.29, 0.717) is 29.9 Å². The molecule has 1 aliphatic rings. The Morgan fingerprint density at radius 3 is 2.96 bits per heavy atom. The summed E-state index contributed by atoms with van der Waals surface area (Å²) in [7, 11) is 0. The van der Waals surface area contributed by atoms with Gasteiger partial charge < -0.3 is 9.47 Å². The van der Waals surface area contributed by atoms with E-state index in [1.54, 1.807) is 18.5 Å². The van der Waals surface area contributed by atoms with Gasteiger partial charge in [-0.2, -0.15) is 5.10 Å². The first-order chi connectivity index (χ1) is 11.3. The third-order valence-corrected chi connectivity index (χ3v) is 3.74. The summed E-state index contributed by atoms with van der Waals surface area (Å²) in [4.78, 5) is 19.8. The zero-order valence-corrected chi connectivity index (χ0v) is 13.0. The molecule has 1 amide bonds. The highest BCUT2D eigenvalue weighted by Crippen LogP contribution is 2.32. The summed E-state index contributed by atoms with van der Waals surface area (Å²) >= 11 is 1.24. The Labute approximate surface area is 137 Å². The number of carbonyl (C=O) groups is 1. The maximum atomic E-state index is 11.7. The maximum Gasteiger partial charge on any atom is 0.250 e. The molecular formula is C15H14N4O3S. The Morgan fingerprint density at radius 1 is 1.26 bits per heavy atom. The van der Waals surface area contributed by atoms with Gasteiger partial charge in [0.15, 0.2) is 16.7 Å². The summed E-state index contributed by atoms with van der Waals surface area (Å²) in [5, 5.41) is 4.50. The minimum Gasteiger partial charge on any atom is -0.486 e. The fraction of sp³-hybridized carbons (Fsp3) is 0.200. The molecule has 0 aliphatic carbocycles. The van der Waals surface area contributed by atoms with Gasteiger partial charge in [-0.05, 0) is 18.2 Å². The van der Waals surface area contributed by atoms with Crippen molar-refractivity contribution in [2.45, 2.75) is 5.16 Å². The van der Waals surface area contributed by atoms with Crippen molar-refractivity contribution in [1.29, 1.82) is 0 Å². The monoisotopic (exact) mass is 330 g/mol. The summed E-state index contributed by atoms with van der Waals surface area (Å²) in [6, 6.07) is 7.25.